The molecule has 1 aromatic rings. The van der Waals surface area contributed by atoms with Crippen LogP contribution in [0.25, 0.3) is 0 Å². The van der Waals surface area contributed by atoms with Crippen LogP contribution in [0.5, 0.6) is 0 Å². The first-order chi connectivity index (χ1) is 10.4. The number of hydrogen-bond acceptors (Lipinski definition) is 4. The Bertz CT molecular complexity index is 521. The molecule has 1 unspecified atom stereocenters. The molecule has 132 valence electrons. The van der Waals surface area contributed by atoms with Crippen LogP contribution in [0.2, 0.25) is 0 Å². The fourth-order valence-electron chi connectivity index (χ4n) is 1.81. The fraction of sp³-hybridized carbons (Fsp3) is 0.688. The molecule has 0 aromatic carbocycles. The lowest BCUT2D eigenvalue weighted by Gasteiger charge is -2.35. The summed E-state index contributed by atoms with van der Waals surface area (Å²) in [5, 5.41) is 6.44. The van der Waals surface area contributed by atoms with Gasteiger partial charge in [-0.2, -0.15) is 0 Å². The first-order valence-electron chi connectivity index (χ1n) is 7.58. The molecule has 0 aliphatic rings. The van der Waals surface area contributed by atoms with E-state index in [0.717, 1.165) is 14.8 Å². The molecule has 23 heavy (non-hydrogen) atoms. The summed E-state index contributed by atoms with van der Waals surface area (Å²) in [7, 11) is 0. The molecule has 4 nitrogen and oxygen atoms in total. The molecular formula is C16H26Br2N2O2S. The maximum absolute atomic E-state index is 11.9. The molecule has 0 saturated carbocycles. The van der Waals surface area contributed by atoms with Crippen molar-refractivity contribution in [2.45, 2.75) is 59.2 Å². The Morgan fingerprint density at radius 2 is 1.91 bits per heavy atom. The van der Waals surface area contributed by atoms with E-state index in [4.69, 9.17) is 4.74 Å². The Morgan fingerprint density at radius 1 is 1.30 bits per heavy atom. The van der Waals surface area contributed by atoms with E-state index in [1.807, 2.05) is 20.8 Å². The topological polar surface area (TPSA) is 50.4 Å². The second kappa shape index (κ2) is 8.32. The van der Waals surface area contributed by atoms with Gasteiger partial charge >= 0.3 is 6.09 Å². The number of amides is 1. The average Bonchev–Trinajstić information content (AvgIpc) is 2.71. The zero-order valence-corrected chi connectivity index (χ0v) is 18.5. The van der Waals surface area contributed by atoms with E-state index in [9.17, 15) is 4.79 Å². The number of halogens is 2. The van der Waals surface area contributed by atoms with E-state index in [-0.39, 0.29) is 11.6 Å². The molecule has 1 atom stereocenters. The van der Waals surface area contributed by atoms with Crippen LogP contribution in [0.1, 0.15) is 46.4 Å². The Labute approximate surface area is 160 Å². The minimum Gasteiger partial charge on any atom is -0.444 e. The maximum atomic E-state index is 11.9. The average molecular weight is 470 g/mol. The zero-order chi connectivity index (χ0) is 17.8. The van der Waals surface area contributed by atoms with Crippen LogP contribution in [-0.2, 0) is 11.3 Å². The molecule has 0 bridgehead atoms. The van der Waals surface area contributed by atoms with E-state index >= 15 is 0 Å². The minimum atomic E-state index is -0.485. The first kappa shape index (κ1) is 20.9. The summed E-state index contributed by atoms with van der Waals surface area (Å²) < 4.78 is 7.46. The standard InChI is InChI=1S/C16H26Br2N2O2S/c1-10(2)16(6,9-19-14(21)22-15(3,4)5)20-8-11-7-12(17)13(18)23-11/h7,10,20H,8-9H2,1-6H3,(H,19,21). The SMILES string of the molecule is CC(C)C(C)(CNC(=O)OC(C)(C)C)NCc1cc(Br)c(Br)s1. The summed E-state index contributed by atoms with van der Waals surface area (Å²) in [6, 6.07) is 2.10. The molecule has 0 saturated heterocycles. The van der Waals surface area contributed by atoms with Crippen LogP contribution in [0.3, 0.4) is 0 Å². The van der Waals surface area contributed by atoms with E-state index in [0.29, 0.717) is 12.5 Å². The van der Waals surface area contributed by atoms with Gasteiger partial charge < -0.3 is 15.4 Å². The predicted octanol–water partition coefficient (Wildman–Crippen LogP) is 5.30. The summed E-state index contributed by atoms with van der Waals surface area (Å²) in [5.41, 5.74) is -0.707. The fourth-order valence-corrected chi connectivity index (χ4v) is 3.92. The molecule has 0 aliphatic carbocycles. The van der Waals surface area contributed by atoms with Crippen LogP contribution < -0.4 is 10.6 Å². The minimum absolute atomic E-state index is 0.222. The highest BCUT2D eigenvalue weighted by atomic mass is 79.9. The molecule has 0 spiro atoms. The third-order valence-electron chi connectivity index (χ3n) is 3.64. The third kappa shape index (κ3) is 7.11. The van der Waals surface area contributed by atoms with Crippen molar-refractivity contribution in [3.63, 3.8) is 0 Å². The van der Waals surface area contributed by atoms with Crippen LogP contribution in [-0.4, -0.2) is 23.8 Å². The van der Waals surface area contributed by atoms with Gasteiger partial charge in [-0.3, -0.25) is 0 Å². The number of rotatable bonds is 6. The number of hydrogen-bond donors (Lipinski definition) is 2. The number of carbonyl (C=O) groups excluding carboxylic acids is 1. The first-order valence-corrected chi connectivity index (χ1v) is 9.99. The van der Waals surface area contributed by atoms with Crippen LogP contribution in [0, 0.1) is 5.92 Å². The van der Waals surface area contributed by atoms with E-state index in [1.165, 1.54) is 4.88 Å². The van der Waals surface area contributed by atoms with Crippen molar-refractivity contribution in [2.24, 2.45) is 5.92 Å². The van der Waals surface area contributed by atoms with Crippen LogP contribution in [0.15, 0.2) is 14.3 Å². The van der Waals surface area contributed by atoms with E-state index < -0.39 is 5.60 Å². The monoisotopic (exact) mass is 468 g/mol. The summed E-state index contributed by atoms with van der Waals surface area (Å²) >= 11 is 8.71. The highest BCUT2D eigenvalue weighted by Crippen LogP contribution is 2.32. The van der Waals surface area contributed by atoms with Crippen molar-refractivity contribution in [1.82, 2.24) is 10.6 Å². The summed E-state index contributed by atoms with van der Waals surface area (Å²) in [5.74, 6) is 0.351. The third-order valence-corrected chi connectivity index (χ3v) is 6.89. The molecule has 1 heterocycles. The van der Waals surface area contributed by atoms with E-state index in [2.05, 4.69) is 69.3 Å². The second-order valence-corrected chi connectivity index (χ2v) is 10.4. The van der Waals surface area contributed by atoms with Gasteiger partial charge in [0.05, 0.1) is 3.79 Å². The summed E-state index contributed by atoms with van der Waals surface area (Å²) in [4.78, 5) is 13.1. The quantitative estimate of drug-likeness (QED) is 0.594. The Balaban J connectivity index is 2.62. The lowest BCUT2D eigenvalue weighted by molar-refractivity contribution is 0.0503. The Kier molecular flexibility index (Phi) is 7.57. The zero-order valence-electron chi connectivity index (χ0n) is 14.5. The van der Waals surface area contributed by atoms with Crippen molar-refractivity contribution in [3.05, 3.63) is 19.2 Å². The van der Waals surface area contributed by atoms with Crippen LogP contribution in [0.4, 0.5) is 4.79 Å². The number of thiophene rings is 1. The van der Waals surface area contributed by atoms with Gasteiger partial charge in [0.25, 0.3) is 0 Å². The van der Waals surface area contributed by atoms with Crippen LogP contribution >= 0.6 is 43.2 Å². The lowest BCUT2D eigenvalue weighted by atomic mass is 9.88. The molecule has 0 fully saturated rings. The highest BCUT2D eigenvalue weighted by molar-refractivity contribution is 9.13. The largest absolute Gasteiger partial charge is 0.444 e. The van der Waals surface area contributed by atoms with Gasteiger partial charge in [-0.05, 0) is 71.5 Å². The van der Waals surface area contributed by atoms with Gasteiger partial charge in [0.15, 0.2) is 0 Å². The normalized spacial score (nSPS) is 14.7. The Morgan fingerprint density at radius 3 is 2.35 bits per heavy atom. The molecule has 7 heteroatoms. The van der Waals surface area contributed by atoms with Gasteiger partial charge in [-0.25, -0.2) is 4.79 Å². The number of alkyl carbamates (subject to hydrolysis) is 1. The van der Waals surface area contributed by atoms with Gasteiger partial charge in [0, 0.05) is 28.0 Å². The predicted molar refractivity (Wildman–Crippen MR) is 104 cm³/mol. The maximum Gasteiger partial charge on any atom is 0.407 e. The van der Waals surface area contributed by atoms with Gasteiger partial charge in [0.1, 0.15) is 5.60 Å². The molecule has 0 aliphatic heterocycles. The second-order valence-electron chi connectivity index (χ2n) is 7.12. The summed E-state index contributed by atoms with van der Waals surface area (Å²) in [6.45, 7) is 13.2. The van der Waals surface area contributed by atoms with Gasteiger partial charge in [-0.1, -0.05) is 13.8 Å². The molecule has 0 radical (unpaired) electrons. The van der Waals surface area contributed by atoms with Crippen molar-refractivity contribution in [3.8, 4) is 0 Å². The van der Waals surface area contributed by atoms with Crippen molar-refractivity contribution < 1.29 is 9.53 Å². The molecule has 1 rings (SSSR count). The van der Waals surface area contributed by atoms with Gasteiger partial charge in [0.2, 0.25) is 0 Å². The van der Waals surface area contributed by atoms with Crippen molar-refractivity contribution in [1.29, 1.82) is 0 Å². The van der Waals surface area contributed by atoms with Crippen molar-refractivity contribution >= 4 is 49.3 Å². The Hall–Kier alpha value is -0.110. The molecule has 1 aromatic heterocycles. The van der Waals surface area contributed by atoms with E-state index in [1.54, 1.807) is 11.3 Å². The number of carbonyl (C=O) groups is 1. The lowest BCUT2D eigenvalue weighted by Crippen LogP contribution is -2.54. The van der Waals surface area contributed by atoms with Gasteiger partial charge in [-0.15, -0.1) is 11.3 Å². The summed E-state index contributed by atoms with van der Waals surface area (Å²) in [6.07, 6.45) is -0.382. The smallest absolute Gasteiger partial charge is 0.407 e. The molecule has 2 N–H and O–H groups in total. The number of ether oxygens (including phenoxy) is 1. The molecular weight excluding hydrogens is 444 g/mol. The van der Waals surface area contributed by atoms with Crippen molar-refractivity contribution in [2.75, 3.05) is 6.54 Å². The number of nitrogens with one attached hydrogen (secondary N) is 2. The molecule has 1 amide bonds. The highest BCUT2D eigenvalue weighted by Gasteiger charge is 2.29.